The number of aliphatic carboxylic acids is 1. The zero-order valence-electron chi connectivity index (χ0n) is 35.4. The van der Waals surface area contributed by atoms with Crippen LogP contribution in [0.15, 0.2) is 109 Å². The summed E-state index contributed by atoms with van der Waals surface area (Å²) in [6.45, 7) is 7.94. The minimum atomic E-state index is -1.02. The molecule has 0 saturated carbocycles. The minimum Gasteiger partial charge on any atom is -0.481 e. The first-order chi connectivity index (χ1) is 28.8. The molecule has 4 N–H and O–H groups in total. The Bertz CT molecular complexity index is 1940. The average Bonchev–Trinajstić information content (AvgIpc) is 3.63. The van der Waals surface area contributed by atoms with Crippen molar-refractivity contribution in [1.29, 1.82) is 0 Å². The number of cyclic esters (lactones) is 2. The normalized spacial score (nSPS) is 13.5. The van der Waals surface area contributed by atoms with Gasteiger partial charge in [0.25, 0.3) is 0 Å². The Labute approximate surface area is 365 Å². The molecule has 0 aromatic heterocycles. The van der Waals surface area contributed by atoms with Crippen molar-refractivity contribution in [2.45, 2.75) is 91.1 Å². The van der Waals surface area contributed by atoms with E-state index >= 15 is 0 Å². The molecule has 1 saturated heterocycles. The summed E-state index contributed by atoms with van der Waals surface area (Å²) in [5.74, 6) is -3.15. The Balaban J connectivity index is 0.000000364. The second kappa shape index (κ2) is 27.8. The van der Waals surface area contributed by atoms with Gasteiger partial charge in [0.2, 0.25) is 5.91 Å². The Morgan fingerprint density at radius 3 is 1.44 bits per heavy atom. The summed E-state index contributed by atoms with van der Waals surface area (Å²) < 4.78 is 14.2. The first-order valence-electron chi connectivity index (χ1n) is 20.4. The molecule has 1 heterocycles. The fourth-order valence-electron chi connectivity index (χ4n) is 6.39. The molecule has 1 amide bonds. The predicted octanol–water partition coefficient (Wildman–Crippen LogP) is 7.92. The lowest BCUT2D eigenvalue weighted by Gasteiger charge is -2.22. The molecule has 0 bridgehead atoms. The Hall–Kier alpha value is -5.85. The molecule has 4 aromatic carbocycles. The second-order valence-electron chi connectivity index (χ2n) is 14.6. The maximum Gasteiger partial charge on any atom is 0.314 e. The molecule has 0 radical (unpaired) electrons. The summed E-state index contributed by atoms with van der Waals surface area (Å²) in [6, 6.07) is 36.5. The maximum absolute atomic E-state index is 12.2. The van der Waals surface area contributed by atoms with Crippen molar-refractivity contribution in [2.75, 3.05) is 13.2 Å². The SMILES string of the molecule is CCOC(=O)[C@H](C)CC(Cc1ccc(-c2ccccc2)cc1)NC(=O)CCC(=O)O.CCOC(=O)[C@H](C)CC(N)Cc1ccc(-c2ccccc2)cc1.Cl.O=C1CCC(=O)O1. The summed E-state index contributed by atoms with van der Waals surface area (Å²) >= 11 is 0. The second-order valence-corrected chi connectivity index (χ2v) is 14.6. The molecular weight excluding hydrogens is 800 g/mol. The monoisotopic (exact) mass is 858 g/mol. The molecular formula is C48H59ClN2O10. The maximum atomic E-state index is 12.2. The van der Waals surface area contributed by atoms with Crippen LogP contribution in [0.4, 0.5) is 0 Å². The summed E-state index contributed by atoms with van der Waals surface area (Å²) in [5, 5.41) is 11.7. The highest BCUT2D eigenvalue weighted by atomic mass is 35.5. The summed E-state index contributed by atoms with van der Waals surface area (Å²) in [7, 11) is 0. The quantitative estimate of drug-likeness (QED) is 0.0501. The van der Waals surface area contributed by atoms with E-state index in [1.807, 2.05) is 86.6 Å². The Morgan fingerprint density at radius 1 is 0.639 bits per heavy atom. The molecule has 1 aliphatic heterocycles. The van der Waals surface area contributed by atoms with Crippen LogP contribution in [-0.4, -0.2) is 66.2 Å². The van der Waals surface area contributed by atoms with Crippen LogP contribution < -0.4 is 11.1 Å². The largest absolute Gasteiger partial charge is 0.481 e. The zero-order valence-corrected chi connectivity index (χ0v) is 36.2. The van der Waals surface area contributed by atoms with Gasteiger partial charge < -0.3 is 30.4 Å². The molecule has 2 unspecified atom stereocenters. The van der Waals surface area contributed by atoms with E-state index in [9.17, 15) is 28.8 Å². The lowest BCUT2D eigenvalue weighted by molar-refractivity contribution is -0.152. The summed E-state index contributed by atoms with van der Waals surface area (Å²) in [5.41, 5.74) is 13.0. The predicted molar refractivity (Wildman–Crippen MR) is 236 cm³/mol. The molecule has 4 aromatic rings. The van der Waals surface area contributed by atoms with E-state index in [4.69, 9.17) is 20.3 Å². The van der Waals surface area contributed by atoms with Crippen LogP contribution in [0, 0.1) is 11.8 Å². The van der Waals surface area contributed by atoms with Gasteiger partial charge in [-0.2, -0.15) is 0 Å². The molecule has 4 atom stereocenters. The van der Waals surface area contributed by atoms with Crippen molar-refractivity contribution in [3.8, 4) is 22.3 Å². The molecule has 0 spiro atoms. The molecule has 5 rings (SSSR count). The van der Waals surface area contributed by atoms with Gasteiger partial charge in [0.15, 0.2) is 0 Å². The van der Waals surface area contributed by atoms with Crippen molar-refractivity contribution in [1.82, 2.24) is 5.32 Å². The smallest absolute Gasteiger partial charge is 0.314 e. The number of carboxylic acid groups (broad SMARTS) is 1. The first kappa shape index (κ1) is 51.3. The van der Waals surface area contributed by atoms with Crippen molar-refractivity contribution in [3.05, 3.63) is 120 Å². The lowest BCUT2D eigenvalue weighted by Crippen LogP contribution is -2.39. The van der Waals surface area contributed by atoms with Crippen LogP contribution in [0.1, 0.15) is 77.3 Å². The molecule has 0 aliphatic carbocycles. The fourth-order valence-corrected chi connectivity index (χ4v) is 6.39. The van der Waals surface area contributed by atoms with Gasteiger partial charge in [-0.05, 0) is 72.9 Å². The number of halogens is 1. The number of rotatable bonds is 18. The number of nitrogens with two attached hydrogens (primary N) is 1. The van der Waals surface area contributed by atoms with Crippen molar-refractivity contribution in [2.24, 2.45) is 17.6 Å². The van der Waals surface area contributed by atoms with E-state index in [0.717, 1.165) is 23.1 Å². The van der Waals surface area contributed by atoms with Crippen LogP contribution in [0.25, 0.3) is 22.3 Å². The number of nitrogens with one attached hydrogen (secondary N) is 1. The van der Waals surface area contributed by atoms with E-state index < -0.39 is 17.9 Å². The molecule has 61 heavy (non-hydrogen) atoms. The van der Waals surface area contributed by atoms with Gasteiger partial charge in [-0.3, -0.25) is 28.8 Å². The van der Waals surface area contributed by atoms with Gasteiger partial charge >= 0.3 is 29.8 Å². The highest BCUT2D eigenvalue weighted by molar-refractivity contribution is 5.92. The van der Waals surface area contributed by atoms with Gasteiger partial charge in [0, 0.05) is 18.5 Å². The third-order valence-electron chi connectivity index (χ3n) is 9.47. The first-order valence-corrected chi connectivity index (χ1v) is 20.4. The van der Waals surface area contributed by atoms with E-state index in [1.54, 1.807) is 13.8 Å². The number of hydrogen-bond donors (Lipinski definition) is 3. The van der Waals surface area contributed by atoms with E-state index in [0.29, 0.717) is 32.5 Å². The van der Waals surface area contributed by atoms with Gasteiger partial charge in [-0.25, -0.2) is 0 Å². The number of benzene rings is 4. The minimum absolute atomic E-state index is 0. The van der Waals surface area contributed by atoms with Crippen molar-refractivity contribution < 1.29 is 48.1 Å². The number of carbonyl (C=O) groups is 6. The van der Waals surface area contributed by atoms with Gasteiger partial charge in [-0.15, -0.1) is 12.4 Å². The standard InChI is InChI=1S/C24H29NO5.C20H25NO2.C4H4O3.ClH/c1-3-30-24(29)17(2)15-21(25-22(26)13-14-23(27)28)16-18-9-11-20(12-10-18)19-7-5-4-6-8-19;1-3-23-20(22)15(2)13-19(21)14-16-9-11-18(12-10-16)17-7-5-4-6-8-17;5-3-1-2-4(6)7-3;/h4-12,17,21H,3,13-16H2,1-2H3,(H,25,26)(H,27,28);4-12,15,19H,3,13-14,21H2,1-2H3;1-2H2;1H/t17-,21?;15-,19?;;/m11../s1. The zero-order chi connectivity index (χ0) is 43.9. The third kappa shape index (κ3) is 19.8. The topological polar surface area (TPSA) is 188 Å². The summed E-state index contributed by atoms with van der Waals surface area (Å²) in [6.07, 6.45) is 2.57. The van der Waals surface area contributed by atoms with Crippen molar-refractivity contribution in [3.63, 3.8) is 0 Å². The van der Waals surface area contributed by atoms with E-state index in [1.165, 1.54) is 16.7 Å². The van der Waals surface area contributed by atoms with Gasteiger partial charge in [0.05, 0.1) is 44.3 Å². The van der Waals surface area contributed by atoms with Crippen LogP contribution >= 0.6 is 12.4 Å². The van der Waals surface area contributed by atoms with Gasteiger partial charge in [0.1, 0.15) is 0 Å². The molecule has 12 nitrogen and oxygen atoms in total. The number of esters is 4. The molecule has 13 heteroatoms. The van der Waals surface area contributed by atoms with Crippen LogP contribution in [-0.2, 0) is 55.8 Å². The van der Waals surface area contributed by atoms with Crippen molar-refractivity contribution >= 4 is 48.2 Å². The Kier molecular flexibility index (Phi) is 23.4. The Morgan fingerprint density at radius 2 is 1.05 bits per heavy atom. The molecule has 328 valence electrons. The number of carbonyl (C=O) groups excluding carboxylic acids is 5. The highest BCUT2D eigenvalue weighted by Crippen LogP contribution is 2.22. The number of ether oxygens (including phenoxy) is 3. The average molecular weight is 859 g/mol. The fraction of sp³-hybridized carbons (Fsp3) is 0.375. The lowest BCUT2D eigenvalue weighted by atomic mass is 9.94. The van der Waals surface area contributed by atoms with Crippen LogP contribution in [0.2, 0.25) is 0 Å². The highest BCUT2D eigenvalue weighted by Gasteiger charge is 2.23. The number of hydrogen-bond acceptors (Lipinski definition) is 10. The van der Waals surface area contributed by atoms with E-state index in [-0.39, 0.29) is 79.9 Å². The van der Waals surface area contributed by atoms with Crippen LogP contribution in [0.3, 0.4) is 0 Å². The van der Waals surface area contributed by atoms with E-state index in [2.05, 4.69) is 46.5 Å². The molecule has 1 fully saturated rings. The number of carboxylic acids is 1. The van der Waals surface area contributed by atoms with Gasteiger partial charge in [-0.1, -0.05) is 123 Å². The number of amides is 1. The summed E-state index contributed by atoms with van der Waals surface area (Å²) in [4.78, 5) is 66.6. The molecule has 1 aliphatic rings. The third-order valence-corrected chi connectivity index (χ3v) is 9.47. The van der Waals surface area contributed by atoms with Crippen LogP contribution in [0.5, 0.6) is 0 Å².